The summed E-state index contributed by atoms with van der Waals surface area (Å²) in [7, 11) is 0. The molecule has 2 rings (SSSR count). The molecule has 0 aliphatic heterocycles. The summed E-state index contributed by atoms with van der Waals surface area (Å²) in [4.78, 5) is 16.0. The van der Waals surface area contributed by atoms with Crippen LogP contribution in [-0.4, -0.2) is 16.0 Å². The predicted octanol–water partition coefficient (Wildman–Crippen LogP) is 1.93. The van der Waals surface area contributed by atoms with Crippen LogP contribution in [0, 0.1) is 6.92 Å². The summed E-state index contributed by atoms with van der Waals surface area (Å²) in [5.41, 5.74) is 7.15. The van der Waals surface area contributed by atoms with Gasteiger partial charge in [-0.2, -0.15) is 0 Å². The highest BCUT2D eigenvalue weighted by atomic mass is 16.3. The number of rotatable bonds is 2. The number of aryl methyl sites for hydroxylation is 1. The molecule has 4 N–H and O–H groups in total. The van der Waals surface area contributed by atoms with Crippen molar-refractivity contribution in [2.45, 2.75) is 6.92 Å². The number of carbonyl (C=O) groups excluding carboxylic acids is 1. The van der Waals surface area contributed by atoms with Crippen molar-refractivity contribution in [1.29, 1.82) is 0 Å². The van der Waals surface area contributed by atoms with E-state index in [9.17, 15) is 9.90 Å². The van der Waals surface area contributed by atoms with Crippen molar-refractivity contribution < 1.29 is 9.90 Å². The number of phenols is 1. The highest BCUT2D eigenvalue weighted by Gasteiger charge is 2.13. The summed E-state index contributed by atoms with van der Waals surface area (Å²) in [6.07, 6.45) is 1.64. The molecule has 0 bridgehead atoms. The molecule has 1 heterocycles. The van der Waals surface area contributed by atoms with Crippen LogP contribution in [0.4, 0.5) is 11.4 Å². The van der Waals surface area contributed by atoms with Gasteiger partial charge in [0.15, 0.2) is 5.75 Å². The van der Waals surface area contributed by atoms with Gasteiger partial charge in [0, 0.05) is 6.20 Å². The zero-order valence-corrected chi connectivity index (χ0v) is 9.84. The van der Waals surface area contributed by atoms with E-state index in [0.717, 1.165) is 0 Å². The number of phenolic OH excluding ortho intramolecular Hbond substituents is 1. The molecule has 18 heavy (non-hydrogen) atoms. The number of nitrogens with two attached hydrogens (primary N) is 1. The van der Waals surface area contributed by atoms with E-state index >= 15 is 0 Å². The first-order valence-corrected chi connectivity index (χ1v) is 5.40. The van der Waals surface area contributed by atoms with E-state index in [2.05, 4.69) is 10.3 Å². The first-order valence-electron chi connectivity index (χ1n) is 5.40. The average molecular weight is 243 g/mol. The molecule has 0 atom stereocenters. The summed E-state index contributed by atoms with van der Waals surface area (Å²) >= 11 is 0. The van der Waals surface area contributed by atoms with Gasteiger partial charge in [0.05, 0.1) is 22.6 Å². The van der Waals surface area contributed by atoms with E-state index in [1.807, 2.05) is 0 Å². The van der Waals surface area contributed by atoms with E-state index in [0.29, 0.717) is 11.4 Å². The van der Waals surface area contributed by atoms with Crippen molar-refractivity contribution in [2.24, 2.45) is 0 Å². The number of pyridine rings is 1. The Labute approximate surface area is 104 Å². The van der Waals surface area contributed by atoms with Crippen LogP contribution < -0.4 is 11.1 Å². The van der Waals surface area contributed by atoms with Crippen LogP contribution in [0.5, 0.6) is 5.75 Å². The zero-order valence-electron chi connectivity index (χ0n) is 9.84. The highest BCUT2D eigenvalue weighted by molar-refractivity contribution is 6.07. The Morgan fingerprint density at radius 2 is 2.11 bits per heavy atom. The number of nitrogen functional groups attached to an aromatic ring is 1. The van der Waals surface area contributed by atoms with Gasteiger partial charge in [-0.3, -0.25) is 9.78 Å². The van der Waals surface area contributed by atoms with Crippen LogP contribution in [0.25, 0.3) is 0 Å². The average Bonchev–Trinajstić information content (AvgIpc) is 2.35. The Morgan fingerprint density at radius 3 is 2.83 bits per heavy atom. The van der Waals surface area contributed by atoms with Crippen molar-refractivity contribution in [3.05, 3.63) is 47.8 Å². The summed E-state index contributed by atoms with van der Waals surface area (Å²) in [5.74, 6) is -0.632. The minimum Gasteiger partial charge on any atom is -0.505 e. The van der Waals surface area contributed by atoms with Gasteiger partial charge in [0.2, 0.25) is 0 Å². The minimum atomic E-state index is -0.420. The number of nitrogens with one attached hydrogen (secondary N) is 1. The largest absolute Gasteiger partial charge is 0.505 e. The number of aromatic nitrogens is 1. The third-order valence-corrected chi connectivity index (χ3v) is 2.57. The van der Waals surface area contributed by atoms with Crippen LogP contribution in [0.1, 0.15) is 16.1 Å². The van der Waals surface area contributed by atoms with Crippen molar-refractivity contribution in [1.82, 2.24) is 4.98 Å². The second-order valence-corrected chi connectivity index (χ2v) is 3.83. The molecule has 0 aliphatic carbocycles. The van der Waals surface area contributed by atoms with E-state index in [4.69, 9.17) is 5.73 Å². The number of hydrogen-bond acceptors (Lipinski definition) is 4. The second-order valence-electron chi connectivity index (χ2n) is 3.83. The summed E-state index contributed by atoms with van der Waals surface area (Å²) in [5, 5.41) is 12.4. The summed E-state index contributed by atoms with van der Waals surface area (Å²) in [6, 6.07) is 8.11. The molecule has 92 valence electrons. The van der Waals surface area contributed by atoms with Crippen molar-refractivity contribution in [2.75, 3.05) is 11.1 Å². The lowest BCUT2D eigenvalue weighted by molar-refractivity contribution is 0.102. The van der Waals surface area contributed by atoms with Gasteiger partial charge in [0.25, 0.3) is 5.91 Å². The van der Waals surface area contributed by atoms with Gasteiger partial charge in [-0.05, 0) is 31.2 Å². The van der Waals surface area contributed by atoms with E-state index in [1.54, 1.807) is 31.3 Å². The third-order valence-electron chi connectivity index (χ3n) is 2.57. The van der Waals surface area contributed by atoms with E-state index in [1.165, 1.54) is 12.1 Å². The Kier molecular flexibility index (Phi) is 3.14. The zero-order chi connectivity index (χ0) is 13.1. The Hall–Kier alpha value is -2.56. The number of nitrogens with zero attached hydrogens (tertiary/aromatic N) is 1. The molecule has 0 unspecified atom stereocenters. The molecular formula is C13H13N3O2. The van der Waals surface area contributed by atoms with Crippen LogP contribution in [-0.2, 0) is 0 Å². The van der Waals surface area contributed by atoms with Crippen LogP contribution in [0.15, 0.2) is 36.5 Å². The molecule has 0 fully saturated rings. The Bertz CT molecular complexity index is 597. The lowest BCUT2D eigenvalue weighted by Crippen LogP contribution is -2.13. The number of hydrogen-bond donors (Lipinski definition) is 3. The van der Waals surface area contributed by atoms with E-state index < -0.39 is 5.91 Å². The molecule has 0 radical (unpaired) electrons. The Balaban J connectivity index is 2.28. The quantitative estimate of drug-likeness (QED) is 0.555. The number of amides is 1. The first-order chi connectivity index (χ1) is 8.59. The molecule has 2 aromatic rings. The topological polar surface area (TPSA) is 88.2 Å². The molecule has 1 aromatic heterocycles. The maximum atomic E-state index is 12.0. The molecule has 5 heteroatoms. The van der Waals surface area contributed by atoms with Gasteiger partial charge < -0.3 is 16.2 Å². The normalized spacial score (nSPS) is 10.1. The fraction of sp³-hybridized carbons (Fsp3) is 0.0769. The number of anilines is 2. The smallest absolute Gasteiger partial charge is 0.259 e. The summed E-state index contributed by atoms with van der Waals surface area (Å²) < 4.78 is 0. The predicted molar refractivity (Wildman–Crippen MR) is 69.4 cm³/mol. The number of benzene rings is 1. The highest BCUT2D eigenvalue weighted by Crippen LogP contribution is 2.25. The minimum absolute atomic E-state index is 0.137. The maximum Gasteiger partial charge on any atom is 0.259 e. The second kappa shape index (κ2) is 4.75. The number of aromatic hydroxyl groups is 1. The van der Waals surface area contributed by atoms with Crippen LogP contribution >= 0.6 is 0 Å². The molecule has 1 amide bonds. The number of para-hydroxylation sites is 1. The van der Waals surface area contributed by atoms with Crippen LogP contribution in [0.3, 0.4) is 0 Å². The lowest BCUT2D eigenvalue weighted by atomic mass is 10.1. The molecule has 0 aliphatic rings. The molecule has 5 nitrogen and oxygen atoms in total. The first kappa shape index (κ1) is 11.9. The summed E-state index contributed by atoms with van der Waals surface area (Å²) in [6.45, 7) is 1.79. The van der Waals surface area contributed by atoms with Gasteiger partial charge >= 0.3 is 0 Å². The van der Waals surface area contributed by atoms with Crippen molar-refractivity contribution in [3.8, 4) is 5.75 Å². The van der Waals surface area contributed by atoms with Gasteiger partial charge in [0.1, 0.15) is 0 Å². The number of carbonyl (C=O) groups is 1. The fourth-order valence-electron chi connectivity index (χ4n) is 1.55. The standard InChI is InChI=1S/C13H13N3O2/c1-8-11(6-3-7-15-8)16-13(18)9-4-2-5-10(14)12(9)17/h2-7,17H,14H2,1H3,(H,16,18). The molecule has 0 spiro atoms. The van der Waals surface area contributed by atoms with E-state index in [-0.39, 0.29) is 17.0 Å². The lowest BCUT2D eigenvalue weighted by Gasteiger charge is -2.09. The molecule has 0 saturated carbocycles. The fourth-order valence-corrected chi connectivity index (χ4v) is 1.55. The van der Waals surface area contributed by atoms with Crippen molar-refractivity contribution in [3.63, 3.8) is 0 Å². The maximum absolute atomic E-state index is 12.0. The van der Waals surface area contributed by atoms with Gasteiger partial charge in [-0.15, -0.1) is 0 Å². The van der Waals surface area contributed by atoms with Gasteiger partial charge in [-0.1, -0.05) is 6.07 Å². The third kappa shape index (κ3) is 2.24. The molecular weight excluding hydrogens is 230 g/mol. The van der Waals surface area contributed by atoms with Gasteiger partial charge in [-0.25, -0.2) is 0 Å². The molecule has 0 saturated heterocycles. The van der Waals surface area contributed by atoms with Crippen molar-refractivity contribution >= 4 is 17.3 Å². The SMILES string of the molecule is Cc1ncccc1NC(=O)c1cccc(N)c1O. The molecule has 1 aromatic carbocycles. The van der Waals surface area contributed by atoms with Crippen LogP contribution in [0.2, 0.25) is 0 Å². The monoisotopic (exact) mass is 243 g/mol. The Morgan fingerprint density at radius 1 is 1.33 bits per heavy atom.